The molecule has 1 aliphatic carbocycles. The molecule has 1 amide bonds. The third kappa shape index (κ3) is 3.33. The molecule has 2 heterocycles. The summed E-state index contributed by atoms with van der Waals surface area (Å²) in [5, 5.41) is 2.70. The first kappa shape index (κ1) is 18.1. The van der Waals surface area contributed by atoms with Gasteiger partial charge in [0.05, 0.1) is 16.6 Å². The highest BCUT2D eigenvalue weighted by Gasteiger charge is 2.29. The molecule has 0 aliphatic heterocycles. The average molecular weight is 382 g/mol. The number of benzene rings is 1. The maximum atomic E-state index is 12.6. The van der Waals surface area contributed by atoms with E-state index in [0.29, 0.717) is 28.3 Å². The Hall–Kier alpha value is -3.29. The van der Waals surface area contributed by atoms with Gasteiger partial charge in [0, 0.05) is 23.1 Å². The summed E-state index contributed by atoms with van der Waals surface area (Å²) >= 11 is 0. The zero-order valence-corrected chi connectivity index (χ0v) is 16.0. The van der Waals surface area contributed by atoms with Gasteiger partial charge < -0.3 is 24.6 Å². The smallest absolute Gasteiger partial charge is 0.340 e. The second kappa shape index (κ2) is 6.70. The molecule has 0 spiro atoms. The van der Waals surface area contributed by atoms with Gasteiger partial charge in [-0.15, -0.1) is 0 Å². The Kier molecular flexibility index (Phi) is 4.33. The molecular formula is C20H22N4O4. The van der Waals surface area contributed by atoms with Gasteiger partial charge in [0.1, 0.15) is 0 Å². The minimum absolute atomic E-state index is 0.315. The normalized spacial score (nSPS) is 14.8. The first-order valence-corrected chi connectivity index (χ1v) is 9.26. The summed E-state index contributed by atoms with van der Waals surface area (Å²) in [4.78, 5) is 41.6. The number of hydrogen-bond acceptors (Lipinski definition) is 4. The molecule has 1 aliphatic rings. The maximum absolute atomic E-state index is 12.6. The van der Waals surface area contributed by atoms with Crippen molar-refractivity contribution >= 4 is 28.6 Å². The number of aryl methyl sites for hydroxylation is 1. The first-order chi connectivity index (χ1) is 13.3. The summed E-state index contributed by atoms with van der Waals surface area (Å²) in [6, 6.07) is 7.28. The number of fused-ring (bicyclic) bond motifs is 1. The summed E-state index contributed by atoms with van der Waals surface area (Å²) in [5.41, 5.74) is 3.81. The fourth-order valence-electron chi connectivity index (χ4n) is 3.51. The van der Waals surface area contributed by atoms with E-state index in [0.717, 1.165) is 24.2 Å². The van der Waals surface area contributed by atoms with Gasteiger partial charge in [0.25, 0.3) is 5.91 Å². The fraction of sp³-hybridized carbons (Fsp3) is 0.350. The highest BCUT2D eigenvalue weighted by Crippen LogP contribution is 2.38. The predicted octanol–water partition coefficient (Wildman–Crippen LogP) is 2.79. The van der Waals surface area contributed by atoms with E-state index in [1.54, 1.807) is 18.2 Å². The molecule has 4 rings (SSSR count). The number of carbonyl (C=O) groups excluding carboxylic acids is 2. The van der Waals surface area contributed by atoms with E-state index in [1.807, 2.05) is 19.9 Å². The number of nitrogens with zero attached hydrogens (tertiary/aromatic N) is 1. The van der Waals surface area contributed by atoms with Crippen molar-refractivity contribution in [3.05, 3.63) is 51.7 Å². The van der Waals surface area contributed by atoms with Gasteiger partial charge in [-0.05, 0) is 57.9 Å². The summed E-state index contributed by atoms with van der Waals surface area (Å²) in [5.74, 6) is -0.949. The zero-order valence-electron chi connectivity index (χ0n) is 16.0. The van der Waals surface area contributed by atoms with Gasteiger partial charge in [-0.3, -0.25) is 4.79 Å². The van der Waals surface area contributed by atoms with Crippen molar-refractivity contribution < 1.29 is 14.3 Å². The number of aromatic nitrogens is 3. The van der Waals surface area contributed by atoms with E-state index in [4.69, 9.17) is 4.74 Å². The van der Waals surface area contributed by atoms with Crippen LogP contribution in [0.2, 0.25) is 0 Å². The third-order valence-electron chi connectivity index (χ3n) is 5.05. The summed E-state index contributed by atoms with van der Waals surface area (Å²) in [6.07, 6.45) is 1.29. The van der Waals surface area contributed by atoms with Crippen LogP contribution >= 0.6 is 0 Å². The number of amides is 1. The molecule has 8 nitrogen and oxygen atoms in total. The largest absolute Gasteiger partial charge is 0.449 e. The molecule has 146 valence electrons. The van der Waals surface area contributed by atoms with Crippen LogP contribution < -0.4 is 11.0 Å². The topological polar surface area (TPSA) is 109 Å². The SMILES string of the molecule is Cc1cc(C(=O)O[C@H](C)C(=O)Nc2ccc3[nH]c(=O)[nH]c3c2)c(C)n1C1CC1. The Morgan fingerprint density at radius 1 is 1.18 bits per heavy atom. The molecule has 3 aromatic rings. The van der Waals surface area contributed by atoms with Crippen LogP contribution in [0.4, 0.5) is 5.69 Å². The first-order valence-electron chi connectivity index (χ1n) is 9.26. The molecule has 1 saturated carbocycles. The second-order valence-corrected chi connectivity index (χ2v) is 7.26. The van der Waals surface area contributed by atoms with Crippen LogP contribution in [0.1, 0.15) is 47.6 Å². The van der Waals surface area contributed by atoms with Gasteiger partial charge in [0.15, 0.2) is 6.10 Å². The molecule has 0 bridgehead atoms. The number of anilines is 1. The van der Waals surface area contributed by atoms with E-state index in [2.05, 4.69) is 19.9 Å². The van der Waals surface area contributed by atoms with Gasteiger partial charge in [0.2, 0.25) is 0 Å². The van der Waals surface area contributed by atoms with E-state index < -0.39 is 18.0 Å². The summed E-state index contributed by atoms with van der Waals surface area (Å²) in [7, 11) is 0. The third-order valence-corrected chi connectivity index (χ3v) is 5.05. The molecule has 8 heteroatoms. The van der Waals surface area contributed by atoms with Crippen molar-refractivity contribution in [1.82, 2.24) is 14.5 Å². The Bertz CT molecular complexity index is 1130. The van der Waals surface area contributed by atoms with Crippen LogP contribution in [0.5, 0.6) is 0 Å². The number of imidazole rings is 1. The summed E-state index contributed by atoms with van der Waals surface area (Å²) < 4.78 is 7.54. The van der Waals surface area contributed by atoms with Crippen molar-refractivity contribution in [1.29, 1.82) is 0 Å². The van der Waals surface area contributed by atoms with Crippen molar-refractivity contribution in [2.24, 2.45) is 0 Å². The molecule has 0 unspecified atom stereocenters. The van der Waals surface area contributed by atoms with E-state index in [1.165, 1.54) is 6.92 Å². The highest BCUT2D eigenvalue weighted by molar-refractivity contribution is 5.98. The predicted molar refractivity (Wildman–Crippen MR) is 105 cm³/mol. The van der Waals surface area contributed by atoms with Crippen LogP contribution in [-0.4, -0.2) is 32.5 Å². The molecule has 3 N–H and O–H groups in total. The monoisotopic (exact) mass is 382 g/mol. The highest BCUT2D eigenvalue weighted by atomic mass is 16.5. The second-order valence-electron chi connectivity index (χ2n) is 7.26. The van der Waals surface area contributed by atoms with Crippen LogP contribution in [0.3, 0.4) is 0 Å². The molecular weight excluding hydrogens is 360 g/mol. The number of nitrogens with one attached hydrogen (secondary N) is 3. The Morgan fingerprint density at radius 3 is 2.61 bits per heavy atom. The fourth-order valence-corrected chi connectivity index (χ4v) is 3.51. The van der Waals surface area contributed by atoms with Gasteiger partial charge in [-0.2, -0.15) is 0 Å². The van der Waals surface area contributed by atoms with Crippen molar-refractivity contribution in [3.8, 4) is 0 Å². The van der Waals surface area contributed by atoms with Crippen LogP contribution in [0, 0.1) is 13.8 Å². The number of aromatic amines is 2. The van der Waals surface area contributed by atoms with Gasteiger partial charge in [-0.25, -0.2) is 9.59 Å². The number of H-pyrrole nitrogens is 2. The minimum atomic E-state index is -0.961. The molecule has 28 heavy (non-hydrogen) atoms. The lowest BCUT2D eigenvalue weighted by molar-refractivity contribution is -0.123. The molecule has 1 fully saturated rings. The Morgan fingerprint density at radius 2 is 1.89 bits per heavy atom. The number of esters is 1. The number of hydrogen-bond donors (Lipinski definition) is 3. The molecule has 0 radical (unpaired) electrons. The van der Waals surface area contributed by atoms with Crippen molar-refractivity contribution in [2.75, 3.05) is 5.32 Å². The van der Waals surface area contributed by atoms with E-state index in [-0.39, 0.29) is 5.69 Å². The van der Waals surface area contributed by atoms with Gasteiger partial charge in [-0.1, -0.05) is 0 Å². The Labute approximate surface area is 160 Å². The van der Waals surface area contributed by atoms with Crippen LogP contribution in [-0.2, 0) is 9.53 Å². The lowest BCUT2D eigenvalue weighted by Crippen LogP contribution is -2.30. The van der Waals surface area contributed by atoms with E-state index in [9.17, 15) is 14.4 Å². The molecule has 1 aromatic carbocycles. The summed E-state index contributed by atoms with van der Waals surface area (Å²) in [6.45, 7) is 5.41. The number of carbonyl (C=O) groups is 2. The zero-order chi connectivity index (χ0) is 20.0. The maximum Gasteiger partial charge on any atom is 0.340 e. The molecule has 2 aromatic heterocycles. The van der Waals surface area contributed by atoms with Gasteiger partial charge >= 0.3 is 11.7 Å². The van der Waals surface area contributed by atoms with E-state index >= 15 is 0 Å². The van der Waals surface area contributed by atoms with Crippen LogP contribution in [0.15, 0.2) is 29.1 Å². The van der Waals surface area contributed by atoms with Crippen molar-refractivity contribution in [2.45, 2.75) is 45.8 Å². The minimum Gasteiger partial charge on any atom is -0.449 e. The average Bonchev–Trinajstić information content (AvgIpc) is 3.32. The standard InChI is InChI=1S/C20H22N4O4/c1-10-8-15(11(2)24(10)14-5-6-14)19(26)28-12(3)18(25)21-13-4-7-16-17(9-13)23-20(27)22-16/h4,7-9,12,14H,5-6H2,1-3H3,(H,21,25)(H2,22,23,27)/t12-/m1/s1. The van der Waals surface area contributed by atoms with Crippen LogP contribution in [0.25, 0.3) is 11.0 Å². The number of rotatable bonds is 5. The quantitative estimate of drug-likeness (QED) is 0.590. The lowest BCUT2D eigenvalue weighted by atomic mass is 10.2. The van der Waals surface area contributed by atoms with Crippen molar-refractivity contribution in [3.63, 3.8) is 0 Å². The molecule has 0 saturated heterocycles. The Balaban J connectivity index is 1.44. The molecule has 1 atom stereocenters. The lowest BCUT2D eigenvalue weighted by Gasteiger charge is -2.14. The number of ether oxygens (including phenoxy) is 1.